The second-order valence-corrected chi connectivity index (χ2v) is 10.6. The summed E-state index contributed by atoms with van der Waals surface area (Å²) in [5, 5.41) is 1.98. The van der Waals surface area contributed by atoms with Crippen LogP contribution in [0.4, 0.5) is 0 Å². The average Bonchev–Trinajstić information content (AvgIpc) is 2.78. The molecule has 0 N–H and O–H groups in total. The van der Waals surface area contributed by atoms with E-state index in [1.807, 2.05) is 30.3 Å². The third kappa shape index (κ3) is 5.56. The van der Waals surface area contributed by atoms with Crippen LogP contribution in [0.15, 0.2) is 65.6 Å². The minimum absolute atomic E-state index is 0.354. The van der Waals surface area contributed by atoms with E-state index in [2.05, 4.69) is 36.9 Å². The van der Waals surface area contributed by atoms with Crippen LogP contribution in [-0.4, -0.2) is 57.0 Å². The highest BCUT2D eigenvalue weighted by Gasteiger charge is 2.25. The Labute approximate surface area is 191 Å². The van der Waals surface area contributed by atoms with Gasteiger partial charge in [0.05, 0.1) is 18.1 Å². The van der Waals surface area contributed by atoms with Crippen LogP contribution in [0, 0.1) is 13.8 Å². The van der Waals surface area contributed by atoms with E-state index in [4.69, 9.17) is 4.74 Å². The number of aryl methyl sites for hydroxylation is 2. The summed E-state index contributed by atoms with van der Waals surface area (Å²) in [5.41, 5.74) is 3.32. The Bertz CT molecular complexity index is 1150. The van der Waals surface area contributed by atoms with Gasteiger partial charge >= 0.3 is 0 Å². The van der Waals surface area contributed by atoms with E-state index in [0.29, 0.717) is 18.0 Å². The van der Waals surface area contributed by atoms with Crippen molar-refractivity contribution in [2.75, 3.05) is 39.4 Å². The molecule has 1 aliphatic rings. The summed E-state index contributed by atoms with van der Waals surface area (Å²) < 4.78 is 34.5. The van der Waals surface area contributed by atoms with E-state index in [1.54, 1.807) is 16.4 Å². The number of morpholine rings is 1. The normalized spacial score (nSPS) is 15.5. The summed E-state index contributed by atoms with van der Waals surface area (Å²) in [6.07, 6.45) is 0.789. The highest BCUT2D eigenvalue weighted by atomic mass is 32.2. The maximum absolute atomic E-state index is 13.7. The predicted molar refractivity (Wildman–Crippen MR) is 129 cm³/mol. The molecule has 0 spiro atoms. The molecule has 0 atom stereocenters. The molecule has 1 saturated heterocycles. The predicted octanol–water partition coefficient (Wildman–Crippen LogP) is 4.37. The van der Waals surface area contributed by atoms with Gasteiger partial charge in [-0.15, -0.1) is 0 Å². The molecule has 0 aliphatic carbocycles. The Balaban J connectivity index is 1.59. The summed E-state index contributed by atoms with van der Waals surface area (Å²) in [4.78, 5) is 2.70. The van der Waals surface area contributed by atoms with Gasteiger partial charge in [-0.2, -0.15) is 4.31 Å². The van der Waals surface area contributed by atoms with Gasteiger partial charge in [-0.1, -0.05) is 59.7 Å². The number of hydrogen-bond donors (Lipinski definition) is 0. The third-order valence-corrected chi connectivity index (χ3v) is 7.83. The lowest BCUT2D eigenvalue weighted by molar-refractivity contribution is 0.0368. The minimum atomic E-state index is -3.63. The molecular weight excluding hydrogens is 420 g/mol. The molecule has 0 saturated carbocycles. The van der Waals surface area contributed by atoms with Crippen molar-refractivity contribution in [3.8, 4) is 0 Å². The van der Waals surface area contributed by atoms with Crippen molar-refractivity contribution < 1.29 is 13.2 Å². The minimum Gasteiger partial charge on any atom is -0.379 e. The lowest BCUT2D eigenvalue weighted by atomic mass is 10.1. The number of fused-ring (bicyclic) bond motifs is 1. The Kier molecular flexibility index (Phi) is 7.26. The van der Waals surface area contributed by atoms with Crippen LogP contribution >= 0.6 is 0 Å². The van der Waals surface area contributed by atoms with Crippen molar-refractivity contribution in [3.63, 3.8) is 0 Å². The van der Waals surface area contributed by atoms with E-state index >= 15 is 0 Å². The van der Waals surface area contributed by atoms with Crippen LogP contribution in [0.25, 0.3) is 10.8 Å². The second-order valence-electron chi connectivity index (χ2n) is 8.65. The zero-order valence-corrected chi connectivity index (χ0v) is 19.8. The molecule has 3 aromatic rings. The Morgan fingerprint density at radius 3 is 2.31 bits per heavy atom. The van der Waals surface area contributed by atoms with Gasteiger partial charge in [-0.25, -0.2) is 8.42 Å². The van der Waals surface area contributed by atoms with Crippen molar-refractivity contribution in [3.05, 3.63) is 77.4 Å². The van der Waals surface area contributed by atoms with Gasteiger partial charge in [0, 0.05) is 26.2 Å². The zero-order valence-electron chi connectivity index (χ0n) is 19.0. The van der Waals surface area contributed by atoms with Crippen LogP contribution in [0.5, 0.6) is 0 Å². The molecule has 0 aromatic heterocycles. The molecule has 32 heavy (non-hydrogen) atoms. The van der Waals surface area contributed by atoms with Crippen molar-refractivity contribution in [2.24, 2.45) is 0 Å². The lowest BCUT2D eigenvalue weighted by Crippen LogP contribution is -2.39. The molecule has 1 fully saturated rings. The fourth-order valence-corrected chi connectivity index (χ4v) is 5.92. The molecule has 0 unspecified atom stereocenters. The van der Waals surface area contributed by atoms with E-state index in [0.717, 1.165) is 66.7 Å². The fraction of sp³-hybridized carbons (Fsp3) is 0.385. The Morgan fingerprint density at radius 1 is 0.906 bits per heavy atom. The quantitative estimate of drug-likeness (QED) is 0.509. The summed E-state index contributed by atoms with van der Waals surface area (Å²) in [5.74, 6) is 0. The molecule has 1 heterocycles. The Hall–Kier alpha value is -2.25. The number of nitrogens with zero attached hydrogens (tertiary/aromatic N) is 2. The van der Waals surface area contributed by atoms with Gasteiger partial charge in [0.15, 0.2) is 0 Å². The van der Waals surface area contributed by atoms with Crippen LogP contribution in [0.2, 0.25) is 0 Å². The molecule has 4 rings (SSSR count). The summed E-state index contributed by atoms with van der Waals surface area (Å²) in [6.45, 7) is 9.17. The van der Waals surface area contributed by atoms with Gasteiger partial charge in [-0.3, -0.25) is 4.90 Å². The van der Waals surface area contributed by atoms with Gasteiger partial charge in [0.25, 0.3) is 0 Å². The molecule has 6 heteroatoms. The van der Waals surface area contributed by atoms with Gasteiger partial charge in [0.1, 0.15) is 0 Å². The number of sulfonamides is 1. The zero-order chi connectivity index (χ0) is 22.6. The highest BCUT2D eigenvalue weighted by Crippen LogP contribution is 2.24. The van der Waals surface area contributed by atoms with Crippen LogP contribution in [0.1, 0.15) is 23.1 Å². The van der Waals surface area contributed by atoms with Crippen LogP contribution < -0.4 is 0 Å². The molecule has 3 aromatic carbocycles. The van der Waals surface area contributed by atoms with E-state index in [9.17, 15) is 8.42 Å². The smallest absolute Gasteiger partial charge is 0.243 e. The molecule has 1 aliphatic heterocycles. The van der Waals surface area contributed by atoms with Crippen LogP contribution in [0.3, 0.4) is 0 Å². The maximum atomic E-state index is 13.7. The first-order valence-corrected chi connectivity index (χ1v) is 12.7. The third-order valence-electron chi connectivity index (χ3n) is 5.98. The standard InChI is InChI=1S/C26H32N2O3S/c1-21-16-22(2)18-23(17-21)20-28(11-5-10-27-12-14-31-15-13-27)32(29,30)26-9-8-24-6-3-4-7-25(24)19-26/h3-4,6-9,16-19H,5,10-15,20H2,1-2H3. The lowest BCUT2D eigenvalue weighted by Gasteiger charge is -2.28. The molecule has 170 valence electrons. The number of ether oxygens (including phenoxy) is 1. The first-order valence-electron chi connectivity index (χ1n) is 11.3. The van der Waals surface area contributed by atoms with Gasteiger partial charge in [0.2, 0.25) is 10.0 Å². The van der Waals surface area contributed by atoms with Gasteiger partial charge in [-0.05, 0) is 55.3 Å². The average molecular weight is 453 g/mol. The fourth-order valence-electron chi connectivity index (χ4n) is 4.42. The first kappa shape index (κ1) is 22.9. The molecule has 5 nitrogen and oxygen atoms in total. The van der Waals surface area contributed by atoms with E-state index < -0.39 is 10.0 Å². The Morgan fingerprint density at radius 2 is 1.59 bits per heavy atom. The second kappa shape index (κ2) is 10.1. The topological polar surface area (TPSA) is 49.9 Å². The van der Waals surface area contributed by atoms with Crippen LogP contribution in [-0.2, 0) is 21.3 Å². The molecule has 0 radical (unpaired) electrons. The van der Waals surface area contributed by atoms with Gasteiger partial charge < -0.3 is 4.74 Å². The molecular formula is C26H32N2O3S. The highest BCUT2D eigenvalue weighted by molar-refractivity contribution is 7.89. The van der Waals surface area contributed by atoms with E-state index in [1.165, 1.54) is 0 Å². The van der Waals surface area contributed by atoms with E-state index in [-0.39, 0.29) is 0 Å². The maximum Gasteiger partial charge on any atom is 0.243 e. The summed E-state index contributed by atoms with van der Waals surface area (Å²) in [6, 6.07) is 19.6. The molecule has 0 bridgehead atoms. The number of hydrogen-bond acceptors (Lipinski definition) is 4. The largest absolute Gasteiger partial charge is 0.379 e. The van der Waals surface area contributed by atoms with Crippen molar-refractivity contribution in [2.45, 2.75) is 31.7 Å². The van der Waals surface area contributed by atoms with Crippen molar-refractivity contribution in [1.29, 1.82) is 0 Å². The number of rotatable bonds is 8. The summed E-state index contributed by atoms with van der Waals surface area (Å²) >= 11 is 0. The molecule has 0 amide bonds. The first-order chi connectivity index (χ1) is 15.4. The summed E-state index contributed by atoms with van der Waals surface area (Å²) in [7, 11) is -3.63. The monoisotopic (exact) mass is 452 g/mol. The van der Waals surface area contributed by atoms with Crippen molar-refractivity contribution in [1.82, 2.24) is 9.21 Å². The van der Waals surface area contributed by atoms with Crippen molar-refractivity contribution >= 4 is 20.8 Å². The number of benzene rings is 3. The SMILES string of the molecule is Cc1cc(C)cc(CN(CCCN2CCOCC2)S(=O)(=O)c2ccc3ccccc3c2)c1.